The van der Waals surface area contributed by atoms with E-state index in [0.29, 0.717) is 24.6 Å². The first kappa shape index (κ1) is 17.6. The molecule has 136 valence electrons. The number of carbonyl (C=O) groups excluding carboxylic acids is 2. The normalized spacial score (nSPS) is 21.5. The molecule has 3 rings (SSSR count). The Morgan fingerprint density at radius 2 is 2.08 bits per heavy atom. The van der Waals surface area contributed by atoms with Crippen LogP contribution in [0.2, 0.25) is 0 Å². The summed E-state index contributed by atoms with van der Waals surface area (Å²) in [6.07, 6.45) is 2.77. The molecule has 0 aromatic heterocycles. The van der Waals surface area contributed by atoms with Gasteiger partial charge in [-0.3, -0.25) is 9.59 Å². The Morgan fingerprint density at radius 1 is 1.36 bits per heavy atom. The third-order valence-electron chi connectivity index (χ3n) is 4.75. The standard InChI is InChI=1S/C18H22F2N2O3/c1-2-14(13-5-3-4-6-15(13)25-18(19)20)21-17(24)11-9-16(23)22(10-11)12-7-8-12/h3-6,11-12,14,18H,2,7-10H2,1H3,(H,21,24)/t11-,14-/m0/s1. The molecular weight excluding hydrogens is 330 g/mol. The minimum absolute atomic E-state index is 0.0251. The quantitative estimate of drug-likeness (QED) is 0.821. The molecule has 0 unspecified atom stereocenters. The first-order valence-electron chi connectivity index (χ1n) is 8.63. The van der Waals surface area contributed by atoms with Gasteiger partial charge in [-0.05, 0) is 25.3 Å². The van der Waals surface area contributed by atoms with E-state index in [4.69, 9.17) is 0 Å². The zero-order chi connectivity index (χ0) is 18.0. The molecular formula is C18H22F2N2O3. The Morgan fingerprint density at radius 3 is 2.72 bits per heavy atom. The second-order valence-corrected chi connectivity index (χ2v) is 6.56. The summed E-state index contributed by atoms with van der Waals surface area (Å²) >= 11 is 0. The fourth-order valence-electron chi connectivity index (χ4n) is 3.31. The van der Waals surface area contributed by atoms with E-state index in [9.17, 15) is 18.4 Å². The van der Waals surface area contributed by atoms with Crippen LogP contribution in [0.1, 0.15) is 44.2 Å². The van der Waals surface area contributed by atoms with Gasteiger partial charge in [-0.1, -0.05) is 25.1 Å². The number of hydrogen-bond acceptors (Lipinski definition) is 3. The van der Waals surface area contributed by atoms with E-state index < -0.39 is 12.7 Å². The number of ether oxygens (including phenoxy) is 1. The SMILES string of the molecule is CC[C@H](NC(=O)[C@H]1CC(=O)N(C2CC2)C1)c1ccccc1OC(F)F. The van der Waals surface area contributed by atoms with Gasteiger partial charge in [0.25, 0.3) is 0 Å². The van der Waals surface area contributed by atoms with E-state index in [2.05, 4.69) is 10.1 Å². The minimum Gasteiger partial charge on any atom is -0.434 e. The second kappa shape index (κ2) is 7.37. The smallest absolute Gasteiger partial charge is 0.387 e. The second-order valence-electron chi connectivity index (χ2n) is 6.56. The Kier molecular flexibility index (Phi) is 5.20. The molecule has 1 saturated heterocycles. The number of likely N-dealkylation sites (tertiary alicyclic amines) is 1. The number of halogens is 2. The van der Waals surface area contributed by atoms with Gasteiger partial charge in [0.2, 0.25) is 11.8 Å². The lowest BCUT2D eigenvalue weighted by Gasteiger charge is -2.22. The maximum atomic E-state index is 12.6. The maximum Gasteiger partial charge on any atom is 0.387 e. The van der Waals surface area contributed by atoms with Crippen molar-refractivity contribution in [3.8, 4) is 5.75 Å². The lowest BCUT2D eigenvalue weighted by atomic mass is 10.0. The topological polar surface area (TPSA) is 58.6 Å². The number of nitrogens with zero attached hydrogens (tertiary/aromatic N) is 1. The molecule has 7 heteroatoms. The van der Waals surface area contributed by atoms with Crippen molar-refractivity contribution in [1.82, 2.24) is 10.2 Å². The zero-order valence-corrected chi connectivity index (χ0v) is 14.1. The van der Waals surface area contributed by atoms with E-state index in [-0.39, 0.29) is 29.9 Å². The van der Waals surface area contributed by atoms with Crippen molar-refractivity contribution in [2.45, 2.75) is 51.3 Å². The predicted molar refractivity (Wildman–Crippen MR) is 87.1 cm³/mol. The number of rotatable bonds is 7. The van der Waals surface area contributed by atoms with E-state index in [0.717, 1.165) is 12.8 Å². The number of benzene rings is 1. The van der Waals surface area contributed by atoms with Crippen molar-refractivity contribution in [3.63, 3.8) is 0 Å². The third-order valence-corrected chi connectivity index (χ3v) is 4.75. The van der Waals surface area contributed by atoms with E-state index in [1.54, 1.807) is 23.1 Å². The highest BCUT2D eigenvalue weighted by Gasteiger charge is 2.42. The molecule has 1 aromatic carbocycles. The van der Waals surface area contributed by atoms with Crippen LogP contribution in [0, 0.1) is 5.92 Å². The number of hydrogen-bond donors (Lipinski definition) is 1. The van der Waals surface area contributed by atoms with Crippen LogP contribution in [0.3, 0.4) is 0 Å². The lowest BCUT2D eigenvalue weighted by Crippen LogP contribution is -2.36. The summed E-state index contributed by atoms with van der Waals surface area (Å²) in [7, 11) is 0. The van der Waals surface area contributed by atoms with Gasteiger partial charge in [0.05, 0.1) is 12.0 Å². The van der Waals surface area contributed by atoms with E-state index >= 15 is 0 Å². The van der Waals surface area contributed by atoms with Crippen LogP contribution in [-0.2, 0) is 9.59 Å². The molecule has 2 fully saturated rings. The molecule has 1 aromatic rings. The summed E-state index contributed by atoms with van der Waals surface area (Å²) in [5, 5.41) is 2.90. The fourth-order valence-corrected chi connectivity index (χ4v) is 3.31. The van der Waals surface area contributed by atoms with Crippen LogP contribution < -0.4 is 10.1 Å². The van der Waals surface area contributed by atoms with Crippen molar-refractivity contribution in [3.05, 3.63) is 29.8 Å². The first-order valence-corrected chi connectivity index (χ1v) is 8.63. The predicted octanol–water partition coefficient (Wildman–Crippen LogP) is 2.87. The summed E-state index contributed by atoms with van der Waals surface area (Å²) in [6.45, 7) is -0.615. The number of carbonyl (C=O) groups is 2. The molecule has 0 spiro atoms. The molecule has 2 aliphatic rings. The van der Waals surface area contributed by atoms with Crippen LogP contribution in [0.4, 0.5) is 8.78 Å². The highest BCUT2D eigenvalue weighted by Crippen LogP contribution is 2.33. The minimum atomic E-state index is -2.92. The molecule has 1 aliphatic carbocycles. The van der Waals surface area contributed by atoms with Gasteiger partial charge < -0.3 is 15.0 Å². The van der Waals surface area contributed by atoms with Crippen LogP contribution in [0.25, 0.3) is 0 Å². The largest absolute Gasteiger partial charge is 0.434 e. The van der Waals surface area contributed by atoms with Crippen molar-refractivity contribution >= 4 is 11.8 Å². The Hall–Kier alpha value is -2.18. The monoisotopic (exact) mass is 352 g/mol. The zero-order valence-electron chi connectivity index (χ0n) is 14.1. The van der Waals surface area contributed by atoms with Crippen LogP contribution in [-0.4, -0.2) is 35.9 Å². The summed E-state index contributed by atoms with van der Waals surface area (Å²) in [6, 6.07) is 6.32. The van der Waals surface area contributed by atoms with Gasteiger partial charge in [0.1, 0.15) is 5.75 Å². The van der Waals surface area contributed by atoms with Crippen molar-refractivity contribution in [2.75, 3.05) is 6.54 Å². The maximum absolute atomic E-state index is 12.6. The Labute approximate surface area is 145 Å². The summed E-state index contributed by atoms with van der Waals surface area (Å²) in [5.41, 5.74) is 0.516. The average Bonchev–Trinajstić information content (AvgIpc) is 3.34. The first-order chi connectivity index (χ1) is 12.0. The fraction of sp³-hybridized carbons (Fsp3) is 0.556. The van der Waals surface area contributed by atoms with Gasteiger partial charge in [-0.15, -0.1) is 0 Å². The van der Waals surface area contributed by atoms with Crippen LogP contribution in [0.15, 0.2) is 24.3 Å². The molecule has 2 amide bonds. The van der Waals surface area contributed by atoms with Crippen molar-refractivity contribution in [2.24, 2.45) is 5.92 Å². The molecule has 1 N–H and O–H groups in total. The van der Waals surface area contributed by atoms with Crippen molar-refractivity contribution in [1.29, 1.82) is 0 Å². The van der Waals surface area contributed by atoms with Gasteiger partial charge in [0, 0.05) is 24.6 Å². The molecule has 1 heterocycles. The van der Waals surface area contributed by atoms with E-state index in [1.165, 1.54) is 6.07 Å². The molecule has 2 atom stereocenters. The van der Waals surface area contributed by atoms with E-state index in [1.807, 2.05) is 6.92 Å². The van der Waals surface area contributed by atoms with Gasteiger partial charge in [-0.2, -0.15) is 8.78 Å². The summed E-state index contributed by atoms with van der Waals surface area (Å²) < 4.78 is 29.7. The van der Waals surface area contributed by atoms with Gasteiger partial charge in [-0.25, -0.2) is 0 Å². The van der Waals surface area contributed by atoms with Crippen molar-refractivity contribution < 1.29 is 23.1 Å². The molecule has 1 saturated carbocycles. The third kappa shape index (κ3) is 4.08. The van der Waals surface area contributed by atoms with Crippen LogP contribution in [0.5, 0.6) is 5.75 Å². The number of amides is 2. The molecule has 0 bridgehead atoms. The molecule has 0 radical (unpaired) electrons. The van der Waals surface area contributed by atoms with Crippen LogP contribution >= 0.6 is 0 Å². The van der Waals surface area contributed by atoms with Gasteiger partial charge >= 0.3 is 6.61 Å². The highest BCUT2D eigenvalue weighted by molar-refractivity contribution is 5.89. The summed E-state index contributed by atoms with van der Waals surface area (Å²) in [5.74, 6) is -0.510. The number of nitrogens with one attached hydrogen (secondary N) is 1. The van der Waals surface area contributed by atoms with Gasteiger partial charge in [0.15, 0.2) is 0 Å². The number of para-hydroxylation sites is 1. The molecule has 5 nitrogen and oxygen atoms in total. The average molecular weight is 352 g/mol. The lowest BCUT2D eigenvalue weighted by molar-refractivity contribution is -0.129. The molecule has 1 aliphatic heterocycles. The Balaban J connectivity index is 1.68. The Bertz CT molecular complexity index is 649. The number of alkyl halides is 2. The summed E-state index contributed by atoms with van der Waals surface area (Å²) in [4.78, 5) is 26.4. The molecule has 25 heavy (non-hydrogen) atoms. The highest BCUT2D eigenvalue weighted by atomic mass is 19.3.